The van der Waals surface area contributed by atoms with Crippen LogP contribution in [-0.4, -0.2) is 30.1 Å². The molecule has 0 heterocycles. The average Bonchev–Trinajstić information content (AvgIpc) is 2.84. The van der Waals surface area contributed by atoms with Gasteiger partial charge in [0.2, 0.25) is 0 Å². The van der Waals surface area contributed by atoms with Crippen LogP contribution in [0, 0.1) is 0 Å². The van der Waals surface area contributed by atoms with Crippen molar-refractivity contribution in [3.63, 3.8) is 0 Å². The van der Waals surface area contributed by atoms with Crippen LogP contribution in [0.15, 0.2) is 48.5 Å². The lowest BCUT2D eigenvalue weighted by atomic mass is 10.0. The van der Waals surface area contributed by atoms with E-state index in [-0.39, 0.29) is 25.0 Å². The van der Waals surface area contributed by atoms with Crippen LogP contribution >= 0.6 is 0 Å². The number of nitrogens with one attached hydrogen (secondary N) is 1. The molecule has 0 radical (unpaired) electrons. The molecule has 2 aromatic rings. The van der Waals surface area contributed by atoms with E-state index in [9.17, 15) is 9.59 Å². The first-order valence-electron chi connectivity index (χ1n) is 12.5. The number of hydrogen-bond acceptors (Lipinski definition) is 4. The van der Waals surface area contributed by atoms with Crippen LogP contribution in [0.2, 0.25) is 0 Å². The van der Waals surface area contributed by atoms with Gasteiger partial charge in [-0.3, -0.25) is 9.59 Å². The SMILES string of the molecule is CCCCCCC(Oc1ccc(OCCCCC)cc1)c1ccc(C(=O)NCCC(=O)O)cc1. The van der Waals surface area contributed by atoms with Crippen LogP contribution in [0.1, 0.15) is 93.7 Å². The van der Waals surface area contributed by atoms with Gasteiger partial charge in [-0.25, -0.2) is 0 Å². The van der Waals surface area contributed by atoms with Crippen molar-refractivity contribution in [1.29, 1.82) is 0 Å². The number of hydrogen-bond donors (Lipinski definition) is 2. The van der Waals surface area contributed by atoms with Crippen LogP contribution < -0.4 is 14.8 Å². The van der Waals surface area contributed by atoms with Crippen LogP contribution in [-0.2, 0) is 4.79 Å². The summed E-state index contributed by atoms with van der Waals surface area (Å²) in [6.45, 7) is 5.21. The zero-order valence-corrected chi connectivity index (χ0v) is 20.6. The van der Waals surface area contributed by atoms with Crippen molar-refractivity contribution in [3.05, 3.63) is 59.7 Å². The molecule has 0 fully saturated rings. The van der Waals surface area contributed by atoms with Gasteiger partial charge in [0.15, 0.2) is 0 Å². The summed E-state index contributed by atoms with van der Waals surface area (Å²) < 4.78 is 12.1. The highest BCUT2D eigenvalue weighted by atomic mass is 16.5. The Balaban J connectivity index is 2.01. The van der Waals surface area contributed by atoms with Crippen molar-refractivity contribution in [2.75, 3.05) is 13.2 Å². The molecule has 34 heavy (non-hydrogen) atoms. The van der Waals surface area contributed by atoms with Crippen molar-refractivity contribution >= 4 is 11.9 Å². The van der Waals surface area contributed by atoms with E-state index in [0.717, 1.165) is 49.4 Å². The first-order valence-corrected chi connectivity index (χ1v) is 12.5. The molecule has 0 spiro atoms. The average molecular weight is 470 g/mol. The van der Waals surface area contributed by atoms with Gasteiger partial charge in [0.25, 0.3) is 5.91 Å². The van der Waals surface area contributed by atoms with E-state index < -0.39 is 5.97 Å². The number of unbranched alkanes of at least 4 members (excludes halogenated alkanes) is 5. The monoisotopic (exact) mass is 469 g/mol. The smallest absolute Gasteiger partial charge is 0.305 e. The summed E-state index contributed by atoms with van der Waals surface area (Å²) >= 11 is 0. The highest BCUT2D eigenvalue weighted by molar-refractivity contribution is 5.94. The lowest BCUT2D eigenvalue weighted by molar-refractivity contribution is -0.136. The minimum absolute atomic E-state index is 0.0972. The molecular formula is C28H39NO5. The van der Waals surface area contributed by atoms with Crippen LogP contribution in [0.3, 0.4) is 0 Å². The predicted octanol–water partition coefficient (Wildman–Crippen LogP) is 6.55. The third-order valence-electron chi connectivity index (χ3n) is 5.61. The maximum atomic E-state index is 12.2. The standard InChI is InChI=1S/C28H39NO5/c1-3-5-7-8-10-26(34-25-17-15-24(16-18-25)33-21-9-6-4-2)22-11-13-23(14-12-22)28(32)29-20-19-27(30)31/h11-18,26H,3-10,19-21H2,1-2H3,(H,29,32)(H,30,31). The zero-order valence-electron chi connectivity index (χ0n) is 20.6. The molecule has 6 heteroatoms. The van der Waals surface area contributed by atoms with Gasteiger partial charge in [0.05, 0.1) is 13.0 Å². The molecule has 1 unspecified atom stereocenters. The van der Waals surface area contributed by atoms with Crippen molar-refractivity contribution in [2.45, 2.75) is 77.7 Å². The Labute approximate surface area is 203 Å². The Kier molecular flexibility index (Phi) is 12.6. The first-order chi connectivity index (χ1) is 16.5. The molecule has 1 amide bonds. The summed E-state index contributed by atoms with van der Waals surface area (Å²) in [5, 5.41) is 11.4. The highest BCUT2D eigenvalue weighted by Crippen LogP contribution is 2.28. The summed E-state index contributed by atoms with van der Waals surface area (Å²) in [6, 6.07) is 15.1. The molecule has 0 aliphatic heterocycles. The van der Waals surface area contributed by atoms with Gasteiger partial charge in [0.1, 0.15) is 17.6 Å². The van der Waals surface area contributed by atoms with E-state index in [1.165, 1.54) is 25.7 Å². The fourth-order valence-corrected chi connectivity index (χ4v) is 3.61. The molecule has 0 aliphatic carbocycles. The number of benzene rings is 2. The Morgan fingerprint density at radius 3 is 2.15 bits per heavy atom. The number of amides is 1. The van der Waals surface area contributed by atoms with E-state index in [1.807, 2.05) is 36.4 Å². The predicted molar refractivity (Wildman–Crippen MR) is 135 cm³/mol. The molecule has 1 atom stereocenters. The number of rotatable bonds is 17. The Morgan fingerprint density at radius 2 is 1.50 bits per heavy atom. The molecule has 0 saturated carbocycles. The number of ether oxygens (including phenoxy) is 2. The van der Waals surface area contributed by atoms with Gasteiger partial charge in [-0.2, -0.15) is 0 Å². The molecule has 6 nitrogen and oxygen atoms in total. The summed E-state index contributed by atoms with van der Waals surface area (Å²) in [7, 11) is 0. The van der Waals surface area contributed by atoms with Crippen molar-refractivity contribution < 1.29 is 24.2 Å². The molecule has 2 N–H and O–H groups in total. The largest absolute Gasteiger partial charge is 0.494 e. The maximum absolute atomic E-state index is 12.2. The molecule has 0 saturated heterocycles. The quantitative estimate of drug-likeness (QED) is 0.257. The second-order valence-corrected chi connectivity index (χ2v) is 8.50. The normalized spacial score (nSPS) is 11.6. The minimum Gasteiger partial charge on any atom is -0.494 e. The van der Waals surface area contributed by atoms with Crippen molar-refractivity contribution in [1.82, 2.24) is 5.32 Å². The van der Waals surface area contributed by atoms with Gasteiger partial charge < -0.3 is 19.9 Å². The van der Waals surface area contributed by atoms with E-state index in [1.54, 1.807) is 12.1 Å². The summed E-state index contributed by atoms with van der Waals surface area (Å²) in [5.74, 6) is 0.427. The fraction of sp³-hybridized carbons (Fsp3) is 0.500. The third-order valence-corrected chi connectivity index (χ3v) is 5.61. The second kappa shape index (κ2) is 15.8. The van der Waals surface area contributed by atoms with E-state index >= 15 is 0 Å². The lowest BCUT2D eigenvalue weighted by Crippen LogP contribution is -2.26. The lowest BCUT2D eigenvalue weighted by Gasteiger charge is -2.20. The van der Waals surface area contributed by atoms with Gasteiger partial charge in [0, 0.05) is 12.1 Å². The minimum atomic E-state index is -0.935. The van der Waals surface area contributed by atoms with Gasteiger partial charge >= 0.3 is 5.97 Å². The molecule has 0 aromatic heterocycles. The van der Waals surface area contributed by atoms with E-state index in [2.05, 4.69) is 19.2 Å². The van der Waals surface area contributed by atoms with Crippen LogP contribution in [0.4, 0.5) is 0 Å². The number of carbonyl (C=O) groups is 2. The number of carbonyl (C=O) groups excluding carboxylic acids is 1. The van der Waals surface area contributed by atoms with E-state index in [4.69, 9.17) is 14.6 Å². The van der Waals surface area contributed by atoms with Gasteiger partial charge in [-0.15, -0.1) is 0 Å². The fourth-order valence-electron chi connectivity index (χ4n) is 3.61. The summed E-state index contributed by atoms with van der Waals surface area (Å²) in [5.41, 5.74) is 1.52. The molecule has 0 bridgehead atoms. The Bertz CT molecular complexity index is 848. The third kappa shape index (κ3) is 10.3. The summed E-state index contributed by atoms with van der Waals surface area (Å²) in [4.78, 5) is 22.9. The van der Waals surface area contributed by atoms with Gasteiger partial charge in [-0.1, -0.05) is 58.1 Å². The number of carboxylic acid groups (broad SMARTS) is 1. The van der Waals surface area contributed by atoms with Gasteiger partial charge in [-0.05, 0) is 61.2 Å². The first kappa shape index (κ1) is 27.2. The zero-order chi connectivity index (χ0) is 24.6. The molecular weight excluding hydrogens is 430 g/mol. The topological polar surface area (TPSA) is 84.9 Å². The second-order valence-electron chi connectivity index (χ2n) is 8.50. The number of carboxylic acids is 1. The highest BCUT2D eigenvalue weighted by Gasteiger charge is 2.15. The maximum Gasteiger partial charge on any atom is 0.305 e. The number of aliphatic carboxylic acids is 1. The molecule has 2 aromatic carbocycles. The molecule has 186 valence electrons. The van der Waals surface area contributed by atoms with Crippen LogP contribution in [0.25, 0.3) is 0 Å². The molecule has 2 rings (SSSR count). The summed E-state index contributed by atoms with van der Waals surface area (Å²) in [6.07, 6.45) is 8.68. The van der Waals surface area contributed by atoms with Crippen LogP contribution in [0.5, 0.6) is 11.5 Å². The Morgan fingerprint density at radius 1 is 0.853 bits per heavy atom. The van der Waals surface area contributed by atoms with Crippen molar-refractivity contribution in [2.24, 2.45) is 0 Å². The van der Waals surface area contributed by atoms with E-state index in [0.29, 0.717) is 5.56 Å². The van der Waals surface area contributed by atoms with Crippen molar-refractivity contribution in [3.8, 4) is 11.5 Å². The Hall–Kier alpha value is -3.02. The molecule has 0 aliphatic rings.